The predicted octanol–water partition coefficient (Wildman–Crippen LogP) is 3.40. The first kappa shape index (κ1) is 15.5. The van der Waals surface area contributed by atoms with E-state index in [4.69, 9.17) is 0 Å². The lowest BCUT2D eigenvalue weighted by molar-refractivity contribution is 0.0746. The summed E-state index contributed by atoms with van der Waals surface area (Å²) in [7, 11) is 0. The minimum atomic E-state index is -0.370. The zero-order chi connectivity index (χ0) is 16.4. The number of halogens is 1. The van der Waals surface area contributed by atoms with Gasteiger partial charge in [0.1, 0.15) is 5.82 Å². The number of anilines is 1. The summed E-state index contributed by atoms with van der Waals surface area (Å²) in [5.41, 5.74) is 4.23. The van der Waals surface area contributed by atoms with Crippen molar-refractivity contribution in [1.29, 1.82) is 0 Å². The van der Waals surface area contributed by atoms with Crippen molar-refractivity contribution >= 4 is 11.6 Å². The molecule has 0 N–H and O–H groups in total. The molecule has 23 heavy (non-hydrogen) atoms. The summed E-state index contributed by atoms with van der Waals surface area (Å²) < 4.78 is 13.3. The summed E-state index contributed by atoms with van der Waals surface area (Å²) in [5.74, 6) is -0.463. The van der Waals surface area contributed by atoms with Crippen LogP contribution in [0.3, 0.4) is 0 Å². The van der Waals surface area contributed by atoms with E-state index in [2.05, 4.69) is 36.9 Å². The summed E-state index contributed by atoms with van der Waals surface area (Å²) in [6, 6.07) is 12.2. The fourth-order valence-corrected chi connectivity index (χ4v) is 3.03. The summed E-state index contributed by atoms with van der Waals surface area (Å²) in [5, 5.41) is 0. The quantitative estimate of drug-likeness (QED) is 0.848. The molecule has 0 unspecified atom stereocenters. The molecule has 1 aliphatic rings. The molecule has 3 nitrogen and oxygen atoms in total. The molecule has 0 saturated carbocycles. The van der Waals surface area contributed by atoms with E-state index in [1.165, 1.54) is 28.9 Å². The highest BCUT2D eigenvalue weighted by molar-refractivity contribution is 5.94. The molecule has 0 radical (unpaired) electrons. The molecule has 0 atom stereocenters. The molecular weight excluding hydrogens is 291 g/mol. The summed E-state index contributed by atoms with van der Waals surface area (Å²) in [4.78, 5) is 16.6. The monoisotopic (exact) mass is 312 g/mol. The van der Waals surface area contributed by atoms with E-state index >= 15 is 0 Å². The Balaban J connectivity index is 1.69. The Labute approximate surface area is 136 Å². The minimum Gasteiger partial charge on any atom is -0.368 e. The van der Waals surface area contributed by atoms with Crippen LogP contribution in [0.4, 0.5) is 10.1 Å². The molecule has 1 saturated heterocycles. The van der Waals surface area contributed by atoms with Crippen LogP contribution < -0.4 is 4.90 Å². The molecule has 0 spiro atoms. The third-order valence-corrected chi connectivity index (χ3v) is 4.56. The number of aryl methyl sites for hydroxylation is 1. The Morgan fingerprint density at radius 2 is 1.70 bits per heavy atom. The average molecular weight is 312 g/mol. The van der Waals surface area contributed by atoms with Crippen LogP contribution in [0.15, 0.2) is 42.5 Å². The van der Waals surface area contributed by atoms with E-state index in [1.807, 2.05) is 0 Å². The van der Waals surface area contributed by atoms with Gasteiger partial charge in [0.05, 0.1) is 0 Å². The van der Waals surface area contributed by atoms with Crippen molar-refractivity contribution in [2.24, 2.45) is 0 Å². The Hall–Kier alpha value is -2.36. The van der Waals surface area contributed by atoms with Gasteiger partial charge in [-0.1, -0.05) is 18.2 Å². The Morgan fingerprint density at radius 3 is 2.39 bits per heavy atom. The molecule has 1 fully saturated rings. The molecule has 3 rings (SSSR count). The van der Waals surface area contributed by atoms with Crippen molar-refractivity contribution in [2.45, 2.75) is 13.8 Å². The van der Waals surface area contributed by atoms with Gasteiger partial charge >= 0.3 is 0 Å². The summed E-state index contributed by atoms with van der Waals surface area (Å²) in [6.07, 6.45) is 0. The highest BCUT2D eigenvalue weighted by Crippen LogP contribution is 2.24. The van der Waals surface area contributed by atoms with Crippen LogP contribution in [0.1, 0.15) is 21.5 Å². The molecule has 1 aliphatic heterocycles. The Morgan fingerprint density at radius 1 is 1.00 bits per heavy atom. The number of carbonyl (C=O) groups is 1. The summed E-state index contributed by atoms with van der Waals surface area (Å²) in [6.45, 7) is 7.15. The molecule has 0 aromatic heterocycles. The number of nitrogens with zero attached hydrogens (tertiary/aromatic N) is 2. The number of benzene rings is 2. The number of piperazine rings is 1. The first-order valence-corrected chi connectivity index (χ1v) is 7.92. The Kier molecular flexibility index (Phi) is 4.33. The Bertz CT molecular complexity index is 721. The maximum Gasteiger partial charge on any atom is 0.254 e. The van der Waals surface area contributed by atoms with E-state index in [1.54, 1.807) is 17.0 Å². The van der Waals surface area contributed by atoms with Crippen LogP contribution in [-0.2, 0) is 0 Å². The third kappa shape index (κ3) is 3.21. The zero-order valence-corrected chi connectivity index (χ0v) is 13.6. The van der Waals surface area contributed by atoms with Gasteiger partial charge in [-0.3, -0.25) is 4.79 Å². The van der Waals surface area contributed by atoms with E-state index in [0.717, 1.165) is 13.1 Å². The van der Waals surface area contributed by atoms with Gasteiger partial charge in [-0.15, -0.1) is 0 Å². The SMILES string of the molecule is Cc1cccc(N2CCN(C(=O)c3cccc(F)c3)CC2)c1C. The van der Waals surface area contributed by atoms with E-state index in [-0.39, 0.29) is 11.7 Å². The zero-order valence-electron chi connectivity index (χ0n) is 13.6. The number of carbonyl (C=O) groups excluding carboxylic acids is 1. The number of hydrogen-bond donors (Lipinski definition) is 0. The normalized spacial score (nSPS) is 14.9. The summed E-state index contributed by atoms with van der Waals surface area (Å²) >= 11 is 0. The lowest BCUT2D eigenvalue weighted by Gasteiger charge is -2.37. The number of hydrogen-bond acceptors (Lipinski definition) is 2. The molecule has 0 aliphatic carbocycles. The van der Waals surface area contributed by atoms with E-state index in [0.29, 0.717) is 18.7 Å². The van der Waals surface area contributed by atoms with Gasteiger partial charge in [-0.05, 0) is 49.2 Å². The van der Waals surface area contributed by atoms with Gasteiger partial charge in [0.15, 0.2) is 0 Å². The maximum atomic E-state index is 13.3. The van der Waals surface area contributed by atoms with Crippen LogP contribution in [0, 0.1) is 19.7 Å². The number of rotatable bonds is 2. The predicted molar refractivity (Wildman–Crippen MR) is 90.4 cm³/mol. The van der Waals surface area contributed by atoms with Crippen LogP contribution in [0.5, 0.6) is 0 Å². The fourth-order valence-electron chi connectivity index (χ4n) is 3.03. The largest absolute Gasteiger partial charge is 0.368 e. The topological polar surface area (TPSA) is 23.6 Å². The van der Waals surface area contributed by atoms with Gasteiger partial charge in [-0.25, -0.2) is 4.39 Å². The van der Waals surface area contributed by atoms with Crippen LogP contribution in [-0.4, -0.2) is 37.0 Å². The molecule has 1 heterocycles. The lowest BCUT2D eigenvalue weighted by atomic mass is 10.1. The first-order chi connectivity index (χ1) is 11.1. The third-order valence-electron chi connectivity index (χ3n) is 4.56. The van der Waals surface area contributed by atoms with Gasteiger partial charge < -0.3 is 9.80 Å². The van der Waals surface area contributed by atoms with Crippen molar-refractivity contribution in [3.05, 3.63) is 65.0 Å². The average Bonchev–Trinajstić information content (AvgIpc) is 2.57. The van der Waals surface area contributed by atoms with Gasteiger partial charge in [0.2, 0.25) is 0 Å². The minimum absolute atomic E-state index is 0.0925. The standard InChI is InChI=1S/C19H21FN2O/c1-14-5-3-8-18(15(14)2)21-9-11-22(12-10-21)19(23)16-6-4-7-17(20)13-16/h3-8,13H,9-12H2,1-2H3. The second-order valence-electron chi connectivity index (χ2n) is 6.01. The van der Waals surface area contributed by atoms with Crippen molar-refractivity contribution in [3.8, 4) is 0 Å². The second-order valence-corrected chi connectivity index (χ2v) is 6.01. The van der Waals surface area contributed by atoms with Crippen molar-refractivity contribution < 1.29 is 9.18 Å². The van der Waals surface area contributed by atoms with Crippen LogP contribution >= 0.6 is 0 Å². The van der Waals surface area contributed by atoms with Gasteiger partial charge in [-0.2, -0.15) is 0 Å². The van der Waals surface area contributed by atoms with Crippen LogP contribution in [0.2, 0.25) is 0 Å². The maximum absolute atomic E-state index is 13.3. The fraction of sp³-hybridized carbons (Fsp3) is 0.316. The smallest absolute Gasteiger partial charge is 0.254 e. The van der Waals surface area contributed by atoms with E-state index in [9.17, 15) is 9.18 Å². The highest BCUT2D eigenvalue weighted by Gasteiger charge is 2.23. The van der Waals surface area contributed by atoms with Gasteiger partial charge in [0, 0.05) is 37.4 Å². The first-order valence-electron chi connectivity index (χ1n) is 7.92. The van der Waals surface area contributed by atoms with Crippen molar-refractivity contribution in [1.82, 2.24) is 4.90 Å². The van der Waals surface area contributed by atoms with Crippen molar-refractivity contribution in [3.63, 3.8) is 0 Å². The molecule has 1 amide bonds. The molecule has 2 aromatic rings. The number of amides is 1. The molecule has 2 aromatic carbocycles. The highest BCUT2D eigenvalue weighted by atomic mass is 19.1. The van der Waals surface area contributed by atoms with Gasteiger partial charge in [0.25, 0.3) is 5.91 Å². The van der Waals surface area contributed by atoms with Crippen molar-refractivity contribution in [2.75, 3.05) is 31.1 Å². The molecule has 0 bridgehead atoms. The molecule has 4 heteroatoms. The van der Waals surface area contributed by atoms with Crippen LogP contribution in [0.25, 0.3) is 0 Å². The molecule has 120 valence electrons. The second kappa shape index (κ2) is 6.41. The molecular formula is C19H21FN2O. The van der Waals surface area contributed by atoms with E-state index < -0.39 is 0 Å². The lowest BCUT2D eigenvalue weighted by Crippen LogP contribution is -2.49.